The van der Waals surface area contributed by atoms with Crippen molar-refractivity contribution in [3.05, 3.63) is 47.5 Å². The van der Waals surface area contributed by atoms with Gasteiger partial charge in [0, 0.05) is 12.6 Å². The van der Waals surface area contributed by atoms with Crippen LogP contribution in [0.5, 0.6) is 17.2 Å². The maximum absolute atomic E-state index is 11.9. The lowest BCUT2D eigenvalue weighted by Gasteiger charge is -2.13. The van der Waals surface area contributed by atoms with Gasteiger partial charge in [-0.15, -0.1) is 0 Å². The average Bonchev–Trinajstić information content (AvgIpc) is 2.56. The topological polar surface area (TPSA) is 55.8 Å². The van der Waals surface area contributed by atoms with Crippen LogP contribution in [-0.4, -0.2) is 46.3 Å². The Kier molecular flexibility index (Phi) is 6.70. The standard InChI is InChI=1S/C18H22ClNO4S/c1-4-25(21,22)16-8-9-18(17(19)13-16)24-15-7-5-6-14(12-15)23-11-10-20(2)3/h5-9,12-13H,4,10-11H2,1-3H3. The Morgan fingerprint density at radius 3 is 2.44 bits per heavy atom. The van der Waals surface area contributed by atoms with E-state index >= 15 is 0 Å². The molecule has 0 aromatic heterocycles. The van der Waals surface area contributed by atoms with Crippen LogP contribution in [-0.2, 0) is 9.84 Å². The van der Waals surface area contributed by atoms with E-state index in [2.05, 4.69) is 0 Å². The van der Waals surface area contributed by atoms with Gasteiger partial charge in [0.05, 0.1) is 15.7 Å². The van der Waals surface area contributed by atoms with Crippen LogP contribution in [0.3, 0.4) is 0 Å². The zero-order chi connectivity index (χ0) is 18.4. The highest BCUT2D eigenvalue weighted by atomic mass is 35.5. The molecule has 0 aliphatic carbocycles. The van der Waals surface area contributed by atoms with Gasteiger partial charge in [-0.2, -0.15) is 0 Å². The Balaban J connectivity index is 2.12. The molecule has 0 atom stereocenters. The van der Waals surface area contributed by atoms with E-state index in [1.165, 1.54) is 12.1 Å². The van der Waals surface area contributed by atoms with Crippen molar-refractivity contribution in [3.8, 4) is 17.2 Å². The Hall–Kier alpha value is -1.76. The molecular formula is C18H22ClNO4S. The average molecular weight is 384 g/mol. The number of nitrogens with zero attached hydrogens (tertiary/aromatic N) is 1. The van der Waals surface area contributed by atoms with E-state index < -0.39 is 9.84 Å². The highest BCUT2D eigenvalue weighted by molar-refractivity contribution is 7.91. The van der Waals surface area contributed by atoms with E-state index in [4.69, 9.17) is 21.1 Å². The SMILES string of the molecule is CCS(=O)(=O)c1ccc(Oc2cccc(OCCN(C)C)c2)c(Cl)c1. The van der Waals surface area contributed by atoms with E-state index in [1.807, 2.05) is 31.1 Å². The first-order chi connectivity index (χ1) is 11.8. The first-order valence-electron chi connectivity index (χ1n) is 7.89. The second kappa shape index (κ2) is 8.56. The van der Waals surface area contributed by atoms with Gasteiger partial charge in [0.2, 0.25) is 0 Å². The van der Waals surface area contributed by atoms with Gasteiger partial charge in [0.15, 0.2) is 9.84 Å². The first kappa shape index (κ1) is 19.6. The van der Waals surface area contributed by atoms with Crippen LogP contribution in [0, 0.1) is 0 Å². The summed E-state index contributed by atoms with van der Waals surface area (Å²) < 4.78 is 35.2. The van der Waals surface area contributed by atoms with Gasteiger partial charge in [-0.1, -0.05) is 24.6 Å². The Morgan fingerprint density at radius 1 is 1.08 bits per heavy atom. The molecule has 0 spiro atoms. The predicted molar refractivity (Wildman–Crippen MR) is 99.7 cm³/mol. The normalized spacial score (nSPS) is 11.6. The smallest absolute Gasteiger partial charge is 0.178 e. The lowest BCUT2D eigenvalue weighted by atomic mass is 10.3. The van der Waals surface area contributed by atoms with Crippen molar-refractivity contribution >= 4 is 21.4 Å². The summed E-state index contributed by atoms with van der Waals surface area (Å²) in [6, 6.07) is 11.7. The molecule has 5 nitrogen and oxygen atoms in total. The van der Waals surface area contributed by atoms with Gasteiger partial charge in [-0.25, -0.2) is 8.42 Å². The van der Waals surface area contributed by atoms with Crippen molar-refractivity contribution < 1.29 is 17.9 Å². The van der Waals surface area contributed by atoms with E-state index in [-0.39, 0.29) is 15.7 Å². The quantitative estimate of drug-likeness (QED) is 0.692. The summed E-state index contributed by atoms with van der Waals surface area (Å²) in [5.74, 6) is 1.67. The summed E-state index contributed by atoms with van der Waals surface area (Å²) in [6.07, 6.45) is 0. The summed E-state index contributed by atoms with van der Waals surface area (Å²) in [4.78, 5) is 2.22. The Labute approximate surface area is 154 Å². The highest BCUT2D eigenvalue weighted by Crippen LogP contribution is 2.32. The third-order valence-electron chi connectivity index (χ3n) is 3.48. The number of sulfone groups is 1. The van der Waals surface area contributed by atoms with E-state index in [9.17, 15) is 8.42 Å². The van der Waals surface area contributed by atoms with Crippen LogP contribution in [0.25, 0.3) is 0 Å². The zero-order valence-corrected chi connectivity index (χ0v) is 16.1. The molecule has 0 saturated heterocycles. The summed E-state index contributed by atoms with van der Waals surface area (Å²) in [5, 5.41) is 0.244. The fraction of sp³-hybridized carbons (Fsp3) is 0.333. The molecule has 0 aliphatic heterocycles. The second-order valence-corrected chi connectivity index (χ2v) is 8.41. The first-order valence-corrected chi connectivity index (χ1v) is 9.92. The maximum Gasteiger partial charge on any atom is 0.178 e. The Morgan fingerprint density at radius 2 is 1.80 bits per heavy atom. The van der Waals surface area contributed by atoms with E-state index in [1.54, 1.807) is 25.1 Å². The number of likely N-dealkylation sites (N-methyl/N-ethyl adjacent to an activating group) is 1. The van der Waals surface area contributed by atoms with Crippen LogP contribution in [0.4, 0.5) is 0 Å². The molecule has 2 rings (SSSR count). The third kappa shape index (κ3) is 5.63. The Bertz CT molecular complexity index is 822. The van der Waals surface area contributed by atoms with Crippen molar-refractivity contribution in [1.29, 1.82) is 0 Å². The zero-order valence-electron chi connectivity index (χ0n) is 14.5. The third-order valence-corrected chi connectivity index (χ3v) is 5.51. The highest BCUT2D eigenvalue weighted by Gasteiger charge is 2.14. The molecular weight excluding hydrogens is 362 g/mol. The van der Waals surface area contributed by atoms with E-state index in [0.717, 1.165) is 6.54 Å². The molecule has 0 N–H and O–H groups in total. The molecule has 25 heavy (non-hydrogen) atoms. The van der Waals surface area contributed by atoms with Crippen LogP contribution in [0.15, 0.2) is 47.4 Å². The number of ether oxygens (including phenoxy) is 2. The molecule has 2 aromatic carbocycles. The van der Waals surface area contributed by atoms with Gasteiger partial charge in [-0.3, -0.25) is 0 Å². The molecule has 0 heterocycles. The predicted octanol–water partition coefficient (Wildman–Crippen LogP) is 3.87. The monoisotopic (exact) mass is 383 g/mol. The summed E-state index contributed by atoms with van der Waals surface area (Å²) in [6.45, 7) is 2.97. The molecule has 7 heteroatoms. The van der Waals surface area contributed by atoms with Gasteiger partial charge in [0.1, 0.15) is 23.9 Å². The minimum Gasteiger partial charge on any atom is -0.492 e. The van der Waals surface area contributed by atoms with Crippen LogP contribution < -0.4 is 9.47 Å². The largest absolute Gasteiger partial charge is 0.492 e. The van der Waals surface area contributed by atoms with Gasteiger partial charge >= 0.3 is 0 Å². The van der Waals surface area contributed by atoms with Crippen LogP contribution >= 0.6 is 11.6 Å². The minimum atomic E-state index is -3.30. The molecule has 0 unspecified atom stereocenters. The molecule has 2 aromatic rings. The lowest BCUT2D eigenvalue weighted by Crippen LogP contribution is -2.19. The van der Waals surface area contributed by atoms with Crippen molar-refractivity contribution in [3.63, 3.8) is 0 Å². The van der Waals surface area contributed by atoms with Crippen LogP contribution in [0.1, 0.15) is 6.92 Å². The molecule has 0 amide bonds. The summed E-state index contributed by atoms with van der Waals surface area (Å²) >= 11 is 6.17. The van der Waals surface area contributed by atoms with Crippen molar-refractivity contribution in [2.45, 2.75) is 11.8 Å². The fourth-order valence-corrected chi connectivity index (χ4v) is 3.21. The number of benzene rings is 2. The summed E-state index contributed by atoms with van der Waals surface area (Å²) in [7, 11) is 0.661. The fourth-order valence-electron chi connectivity index (χ4n) is 2.02. The molecule has 0 bridgehead atoms. The molecule has 136 valence electrons. The van der Waals surface area contributed by atoms with Gasteiger partial charge < -0.3 is 14.4 Å². The molecule has 0 radical (unpaired) electrons. The number of rotatable bonds is 8. The minimum absolute atomic E-state index is 0.0237. The molecule has 0 aliphatic rings. The lowest BCUT2D eigenvalue weighted by molar-refractivity contribution is 0.260. The van der Waals surface area contributed by atoms with Crippen molar-refractivity contribution in [1.82, 2.24) is 4.90 Å². The molecule has 0 fully saturated rings. The molecule has 0 saturated carbocycles. The van der Waals surface area contributed by atoms with Gasteiger partial charge in [-0.05, 0) is 44.4 Å². The van der Waals surface area contributed by atoms with Crippen LogP contribution in [0.2, 0.25) is 5.02 Å². The maximum atomic E-state index is 11.9. The van der Waals surface area contributed by atoms with E-state index in [0.29, 0.717) is 23.9 Å². The van der Waals surface area contributed by atoms with Crippen molar-refractivity contribution in [2.24, 2.45) is 0 Å². The van der Waals surface area contributed by atoms with Gasteiger partial charge in [0.25, 0.3) is 0 Å². The van der Waals surface area contributed by atoms with Crippen molar-refractivity contribution in [2.75, 3.05) is 33.0 Å². The number of hydrogen-bond acceptors (Lipinski definition) is 5. The summed E-state index contributed by atoms with van der Waals surface area (Å²) in [5.41, 5.74) is 0. The number of halogens is 1. The second-order valence-electron chi connectivity index (χ2n) is 5.72. The number of hydrogen-bond donors (Lipinski definition) is 0.